The van der Waals surface area contributed by atoms with E-state index in [1.165, 1.54) is 6.92 Å². The first kappa shape index (κ1) is 16.6. The molecule has 0 aliphatic carbocycles. The Kier molecular flexibility index (Phi) is 8.82. The number of amides is 1. The van der Waals surface area contributed by atoms with Crippen LogP contribution in [0.2, 0.25) is 0 Å². The van der Waals surface area contributed by atoms with Crippen LogP contribution in [0.3, 0.4) is 0 Å². The number of carbonyl (C=O) groups excluding carboxylic acids is 2. The number of carboxylic acids is 1. The van der Waals surface area contributed by atoms with Crippen molar-refractivity contribution in [1.82, 2.24) is 5.32 Å². The van der Waals surface area contributed by atoms with Crippen LogP contribution in [-0.2, 0) is 14.4 Å². The van der Waals surface area contributed by atoms with Gasteiger partial charge in [0.25, 0.3) is 0 Å². The molecule has 0 aromatic carbocycles. The second-order valence-electron chi connectivity index (χ2n) is 4.35. The summed E-state index contributed by atoms with van der Waals surface area (Å²) in [7, 11) is 0. The van der Waals surface area contributed by atoms with Crippen LogP contribution in [0.4, 0.5) is 0 Å². The van der Waals surface area contributed by atoms with Crippen LogP contribution in [0.15, 0.2) is 0 Å². The van der Waals surface area contributed by atoms with Crippen molar-refractivity contribution < 1.29 is 19.5 Å². The number of aliphatic carboxylic acids is 1. The molecule has 0 aliphatic heterocycles. The Morgan fingerprint density at radius 3 is 2.39 bits per heavy atom. The summed E-state index contributed by atoms with van der Waals surface area (Å²) in [6, 6.07) is -0.823. The number of ketones is 1. The zero-order valence-corrected chi connectivity index (χ0v) is 10.8. The van der Waals surface area contributed by atoms with Crippen LogP contribution in [0, 0.1) is 0 Å². The van der Waals surface area contributed by atoms with Crippen molar-refractivity contribution in [2.75, 3.05) is 6.54 Å². The average Bonchev–Trinajstić information content (AvgIpc) is 2.27. The van der Waals surface area contributed by atoms with Crippen molar-refractivity contribution in [2.24, 2.45) is 5.73 Å². The summed E-state index contributed by atoms with van der Waals surface area (Å²) in [6.07, 6.45) is 3.15. The van der Waals surface area contributed by atoms with Gasteiger partial charge in [0, 0.05) is 19.4 Å². The Morgan fingerprint density at radius 2 is 1.83 bits per heavy atom. The Hall–Kier alpha value is -1.43. The second kappa shape index (κ2) is 9.58. The van der Waals surface area contributed by atoms with Gasteiger partial charge >= 0.3 is 5.97 Å². The third kappa shape index (κ3) is 9.77. The van der Waals surface area contributed by atoms with Gasteiger partial charge in [-0.3, -0.25) is 9.59 Å². The van der Waals surface area contributed by atoms with Gasteiger partial charge in [-0.15, -0.1) is 0 Å². The molecular formula is C12H22N2O4. The molecule has 0 radical (unpaired) electrons. The first-order valence-electron chi connectivity index (χ1n) is 6.18. The summed E-state index contributed by atoms with van der Waals surface area (Å²) in [5.41, 5.74) is 5.33. The lowest BCUT2D eigenvalue weighted by Crippen LogP contribution is -2.30. The molecule has 0 saturated carbocycles. The van der Waals surface area contributed by atoms with E-state index in [0.29, 0.717) is 45.1 Å². The molecule has 0 aromatic rings. The molecule has 18 heavy (non-hydrogen) atoms. The number of hydrogen-bond donors (Lipinski definition) is 3. The molecule has 0 aliphatic rings. The minimum atomic E-state index is -0.997. The summed E-state index contributed by atoms with van der Waals surface area (Å²) >= 11 is 0. The molecule has 0 bridgehead atoms. The quantitative estimate of drug-likeness (QED) is 0.493. The summed E-state index contributed by atoms with van der Waals surface area (Å²) in [6.45, 7) is 2.02. The monoisotopic (exact) mass is 258 g/mol. The molecule has 0 unspecified atom stereocenters. The van der Waals surface area contributed by atoms with E-state index in [1.54, 1.807) is 0 Å². The lowest BCUT2D eigenvalue weighted by atomic mass is 10.1. The van der Waals surface area contributed by atoms with E-state index in [4.69, 9.17) is 10.8 Å². The number of hydrogen-bond acceptors (Lipinski definition) is 4. The second-order valence-corrected chi connectivity index (χ2v) is 4.35. The fraction of sp³-hybridized carbons (Fsp3) is 0.750. The van der Waals surface area contributed by atoms with E-state index in [0.717, 1.165) is 0 Å². The summed E-state index contributed by atoms with van der Waals surface area (Å²) < 4.78 is 0. The molecule has 4 N–H and O–H groups in total. The number of rotatable bonds is 10. The molecule has 0 rings (SSSR count). The molecular weight excluding hydrogens is 236 g/mol. The lowest BCUT2D eigenvalue weighted by Gasteiger charge is -2.07. The molecule has 6 heteroatoms. The number of Topliss-reactive ketones (excluding diaryl/α,β-unsaturated/α-hetero) is 1. The predicted molar refractivity (Wildman–Crippen MR) is 67.0 cm³/mol. The highest BCUT2D eigenvalue weighted by Crippen LogP contribution is 1.99. The molecule has 1 amide bonds. The van der Waals surface area contributed by atoms with E-state index >= 15 is 0 Å². The van der Waals surface area contributed by atoms with Crippen molar-refractivity contribution in [2.45, 2.75) is 51.5 Å². The van der Waals surface area contributed by atoms with Gasteiger partial charge in [-0.05, 0) is 32.6 Å². The topological polar surface area (TPSA) is 109 Å². The number of carbonyl (C=O) groups is 3. The fourth-order valence-corrected chi connectivity index (χ4v) is 1.43. The van der Waals surface area contributed by atoms with Gasteiger partial charge in [0.15, 0.2) is 0 Å². The maximum absolute atomic E-state index is 11.3. The first-order valence-corrected chi connectivity index (χ1v) is 6.18. The van der Waals surface area contributed by atoms with Gasteiger partial charge in [0.2, 0.25) is 5.91 Å². The predicted octanol–water partition coefficient (Wildman–Crippen LogP) is 0.444. The first-order chi connectivity index (χ1) is 8.43. The van der Waals surface area contributed by atoms with E-state index in [9.17, 15) is 14.4 Å². The van der Waals surface area contributed by atoms with Gasteiger partial charge < -0.3 is 21.0 Å². The van der Waals surface area contributed by atoms with Crippen LogP contribution >= 0.6 is 0 Å². The van der Waals surface area contributed by atoms with Crippen LogP contribution in [0.1, 0.15) is 45.4 Å². The average molecular weight is 258 g/mol. The highest BCUT2D eigenvalue weighted by Gasteiger charge is 2.10. The Bertz CT molecular complexity index is 292. The number of nitrogens with two attached hydrogens (primary N) is 1. The molecule has 0 saturated heterocycles. The SMILES string of the molecule is CC(=O)CCCC(=O)NCCCC[C@H](N)C(=O)O. The summed E-state index contributed by atoms with van der Waals surface area (Å²) in [4.78, 5) is 32.4. The highest BCUT2D eigenvalue weighted by atomic mass is 16.4. The van der Waals surface area contributed by atoms with Crippen LogP contribution in [0.5, 0.6) is 0 Å². The molecule has 0 fully saturated rings. The van der Waals surface area contributed by atoms with Crippen LogP contribution in [0.25, 0.3) is 0 Å². The number of unbranched alkanes of at least 4 members (excludes halogenated alkanes) is 1. The van der Waals surface area contributed by atoms with Crippen molar-refractivity contribution in [3.05, 3.63) is 0 Å². The zero-order chi connectivity index (χ0) is 14.0. The van der Waals surface area contributed by atoms with Crippen molar-refractivity contribution in [3.8, 4) is 0 Å². The largest absolute Gasteiger partial charge is 0.480 e. The van der Waals surface area contributed by atoms with Gasteiger partial charge in [0.1, 0.15) is 11.8 Å². The fourth-order valence-electron chi connectivity index (χ4n) is 1.43. The molecule has 0 heterocycles. The van der Waals surface area contributed by atoms with E-state index in [-0.39, 0.29) is 11.7 Å². The van der Waals surface area contributed by atoms with E-state index in [2.05, 4.69) is 5.32 Å². The van der Waals surface area contributed by atoms with Gasteiger partial charge in [0.05, 0.1) is 0 Å². The smallest absolute Gasteiger partial charge is 0.320 e. The maximum Gasteiger partial charge on any atom is 0.320 e. The Morgan fingerprint density at radius 1 is 1.17 bits per heavy atom. The third-order valence-corrected chi connectivity index (χ3v) is 2.51. The van der Waals surface area contributed by atoms with Crippen LogP contribution < -0.4 is 11.1 Å². The Labute approximate surface area is 107 Å². The van der Waals surface area contributed by atoms with Crippen molar-refractivity contribution >= 4 is 17.7 Å². The zero-order valence-electron chi connectivity index (χ0n) is 10.8. The lowest BCUT2D eigenvalue weighted by molar-refractivity contribution is -0.138. The summed E-state index contributed by atoms with van der Waals surface area (Å²) in [5, 5.41) is 11.3. The van der Waals surface area contributed by atoms with E-state index in [1.807, 2.05) is 0 Å². The van der Waals surface area contributed by atoms with Crippen molar-refractivity contribution in [3.63, 3.8) is 0 Å². The van der Waals surface area contributed by atoms with Crippen LogP contribution in [-0.4, -0.2) is 35.4 Å². The van der Waals surface area contributed by atoms with Crippen molar-refractivity contribution in [1.29, 1.82) is 0 Å². The number of nitrogens with one attached hydrogen (secondary N) is 1. The third-order valence-electron chi connectivity index (χ3n) is 2.51. The minimum Gasteiger partial charge on any atom is -0.480 e. The molecule has 0 spiro atoms. The molecule has 0 aromatic heterocycles. The molecule has 6 nitrogen and oxygen atoms in total. The van der Waals surface area contributed by atoms with Gasteiger partial charge in [-0.2, -0.15) is 0 Å². The Balaban J connectivity index is 3.40. The minimum absolute atomic E-state index is 0.0706. The standard InChI is InChI=1S/C12H22N2O4/c1-9(15)5-4-7-11(16)14-8-3-2-6-10(13)12(17)18/h10H,2-8,13H2,1H3,(H,14,16)(H,17,18)/t10-/m0/s1. The maximum atomic E-state index is 11.3. The normalized spacial score (nSPS) is 11.9. The molecule has 104 valence electrons. The molecule has 1 atom stereocenters. The highest BCUT2D eigenvalue weighted by molar-refractivity contribution is 5.78. The van der Waals surface area contributed by atoms with Gasteiger partial charge in [-0.25, -0.2) is 0 Å². The summed E-state index contributed by atoms with van der Waals surface area (Å²) in [5.74, 6) is -0.979. The van der Waals surface area contributed by atoms with E-state index < -0.39 is 12.0 Å². The van der Waals surface area contributed by atoms with Gasteiger partial charge in [-0.1, -0.05) is 0 Å². The number of carboxylic acid groups (broad SMARTS) is 1.